The van der Waals surface area contributed by atoms with Gasteiger partial charge in [-0.25, -0.2) is 4.39 Å². The van der Waals surface area contributed by atoms with E-state index in [0.29, 0.717) is 12.4 Å². The van der Waals surface area contributed by atoms with Crippen LogP contribution in [0.4, 0.5) is 4.39 Å². The molecule has 0 saturated heterocycles. The minimum atomic E-state index is -0.256. The van der Waals surface area contributed by atoms with E-state index in [2.05, 4.69) is 6.07 Å². The first-order valence-corrected chi connectivity index (χ1v) is 5.83. The molecule has 0 N–H and O–H groups in total. The summed E-state index contributed by atoms with van der Waals surface area (Å²) in [5, 5.41) is 8.84. The number of rotatable bonds is 6. The molecule has 17 heavy (non-hydrogen) atoms. The molecule has 0 spiro atoms. The zero-order valence-corrected chi connectivity index (χ0v) is 10.4. The lowest BCUT2D eigenvalue weighted by molar-refractivity contribution is 0.294. The van der Waals surface area contributed by atoms with Crippen molar-refractivity contribution in [1.29, 1.82) is 5.26 Å². The lowest BCUT2D eigenvalue weighted by atomic mass is 9.89. The Hall–Kier alpha value is -1.56. The molecule has 0 saturated carbocycles. The number of ether oxygens (including phenoxy) is 1. The van der Waals surface area contributed by atoms with Crippen LogP contribution in [-0.2, 0) is 0 Å². The fourth-order valence-electron chi connectivity index (χ4n) is 1.45. The van der Waals surface area contributed by atoms with Crippen molar-refractivity contribution in [3.05, 3.63) is 30.1 Å². The third-order valence-corrected chi connectivity index (χ3v) is 2.58. The van der Waals surface area contributed by atoms with Crippen LogP contribution in [0.1, 0.15) is 33.1 Å². The predicted molar refractivity (Wildman–Crippen MR) is 65.1 cm³/mol. The van der Waals surface area contributed by atoms with Crippen LogP contribution in [0.5, 0.6) is 5.75 Å². The highest BCUT2D eigenvalue weighted by Crippen LogP contribution is 2.21. The minimum Gasteiger partial charge on any atom is -0.494 e. The van der Waals surface area contributed by atoms with Crippen LogP contribution in [0.3, 0.4) is 0 Å². The third kappa shape index (κ3) is 5.35. The highest BCUT2D eigenvalue weighted by Gasteiger charge is 2.15. The standard InChI is InChI=1S/C14H18FNO/c1-14(2,11-16)9-3-4-10-17-13-7-5-12(15)6-8-13/h5-8H,3-4,9-10H2,1-2H3. The molecule has 0 aromatic heterocycles. The normalized spacial score (nSPS) is 10.9. The van der Waals surface area contributed by atoms with Crippen molar-refractivity contribution in [2.24, 2.45) is 5.41 Å². The molecule has 2 nitrogen and oxygen atoms in total. The molecule has 1 aromatic rings. The van der Waals surface area contributed by atoms with Crippen molar-refractivity contribution in [3.63, 3.8) is 0 Å². The second-order valence-electron chi connectivity index (χ2n) is 4.76. The Morgan fingerprint density at radius 1 is 1.24 bits per heavy atom. The first-order valence-electron chi connectivity index (χ1n) is 5.83. The van der Waals surface area contributed by atoms with Crippen molar-refractivity contribution in [2.75, 3.05) is 6.61 Å². The Bertz CT molecular complexity index is 378. The zero-order chi connectivity index (χ0) is 12.7. The van der Waals surface area contributed by atoms with E-state index >= 15 is 0 Å². The molecular weight excluding hydrogens is 217 g/mol. The van der Waals surface area contributed by atoms with Gasteiger partial charge in [0.1, 0.15) is 11.6 Å². The van der Waals surface area contributed by atoms with E-state index in [1.54, 1.807) is 12.1 Å². The van der Waals surface area contributed by atoms with Gasteiger partial charge in [0.25, 0.3) is 0 Å². The van der Waals surface area contributed by atoms with Gasteiger partial charge in [0.05, 0.1) is 18.1 Å². The van der Waals surface area contributed by atoms with Gasteiger partial charge < -0.3 is 4.74 Å². The number of nitriles is 1. The fourth-order valence-corrected chi connectivity index (χ4v) is 1.45. The zero-order valence-electron chi connectivity index (χ0n) is 10.4. The quantitative estimate of drug-likeness (QED) is 0.700. The number of unbranched alkanes of at least 4 members (excludes halogenated alkanes) is 1. The third-order valence-electron chi connectivity index (χ3n) is 2.58. The van der Waals surface area contributed by atoms with E-state index in [9.17, 15) is 4.39 Å². The topological polar surface area (TPSA) is 33.0 Å². The highest BCUT2D eigenvalue weighted by atomic mass is 19.1. The van der Waals surface area contributed by atoms with Crippen LogP contribution in [0.2, 0.25) is 0 Å². The van der Waals surface area contributed by atoms with E-state index in [-0.39, 0.29) is 11.2 Å². The Labute approximate surface area is 102 Å². The van der Waals surface area contributed by atoms with Gasteiger partial charge in [-0.3, -0.25) is 0 Å². The molecule has 0 aliphatic rings. The molecule has 0 fully saturated rings. The first kappa shape index (κ1) is 13.5. The first-order chi connectivity index (χ1) is 8.03. The molecule has 0 aliphatic heterocycles. The number of halogens is 1. The molecule has 0 aliphatic carbocycles. The van der Waals surface area contributed by atoms with Gasteiger partial charge in [0, 0.05) is 0 Å². The predicted octanol–water partition coefficient (Wildman–Crippen LogP) is 3.92. The van der Waals surface area contributed by atoms with Gasteiger partial charge in [0.2, 0.25) is 0 Å². The van der Waals surface area contributed by atoms with Gasteiger partial charge in [0.15, 0.2) is 0 Å². The molecule has 0 atom stereocenters. The molecule has 0 unspecified atom stereocenters. The highest BCUT2D eigenvalue weighted by molar-refractivity contribution is 5.21. The van der Waals surface area contributed by atoms with E-state index in [0.717, 1.165) is 19.3 Å². The smallest absolute Gasteiger partial charge is 0.123 e. The number of benzene rings is 1. The second-order valence-corrected chi connectivity index (χ2v) is 4.76. The largest absolute Gasteiger partial charge is 0.494 e. The lowest BCUT2D eigenvalue weighted by Gasteiger charge is -2.14. The molecule has 92 valence electrons. The Balaban J connectivity index is 2.17. The average Bonchev–Trinajstić information content (AvgIpc) is 2.31. The molecule has 0 heterocycles. The number of nitrogens with zero attached hydrogens (tertiary/aromatic N) is 1. The average molecular weight is 235 g/mol. The molecule has 1 aromatic carbocycles. The summed E-state index contributed by atoms with van der Waals surface area (Å²) in [6.07, 6.45) is 2.74. The van der Waals surface area contributed by atoms with E-state index in [4.69, 9.17) is 10.00 Å². The van der Waals surface area contributed by atoms with Gasteiger partial charge in [-0.2, -0.15) is 5.26 Å². The van der Waals surface area contributed by atoms with Crippen LogP contribution in [0.25, 0.3) is 0 Å². The monoisotopic (exact) mass is 235 g/mol. The SMILES string of the molecule is CC(C)(C#N)CCCCOc1ccc(F)cc1. The van der Waals surface area contributed by atoms with E-state index in [1.807, 2.05) is 13.8 Å². The van der Waals surface area contributed by atoms with Crippen molar-refractivity contribution in [3.8, 4) is 11.8 Å². The van der Waals surface area contributed by atoms with Gasteiger partial charge in [-0.1, -0.05) is 0 Å². The van der Waals surface area contributed by atoms with Crippen molar-refractivity contribution >= 4 is 0 Å². The summed E-state index contributed by atoms with van der Waals surface area (Å²) in [7, 11) is 0. The Morgan fingerprint density at radius 3 is 2.47 bits per heavy atom. The summed E-state index contributed by atoms with van der Waals surface area (Å²) in [5.41, 5.74) is -0.254. The molecule has 3 heteroatoms. The maximum Gasteiger partial charge on any atom is 0.123 e. The fraction of sp³-hybridized carbons (Fsp3) is 0.500. The van der Waals surface area contributed by atoms with Crippen LogP contribution in [-0.4, -0.2) is 6.61 Å². The van der Waals surface area contributed by atoms with Crippen LogP contribution in [0.15, 0.2) is 24.3 Å². The van der Waals surface area contributed by atoms with Gasteiger partial charge >= 0.3 is 0 Å². The van der Waals surface area contributed by atoms with E-state index < -0.39 is 0 Å². The summed E-state index contributed by atoms with van der Waals surface area (Å²) in [5.74, 6) is 0.430. The van der Waals surface area contributed by atoms with Crippen LogP contribution >= 0.6 is 0 Å². The number of hydrogen-bond donors (Lipinski definition) is 0. The molecular formula is C14H18FNO. The summed E-state index contributed by atoms with van der Waals surface area (Å²) in [6.45, 7) is 4.48. The summed E-state index contributed by atoms with van der Waals surface area (Å²) in [6, 6.07) is 8.28. The van der Waals surface area contributed by atoms with Crippen molar-refractivity contribution in [1.82, 2.24) is 0 Å². The van der Waals surface area contributed by atoms with Crippen molar-refractivity contribution in [2.45, 2.75) is 33.1 Å². The minimum absolute atomic E-state index is 0.254. The second kappa shape index (κ2) is 6.24. The lowest BCUT2D eigenvalue weighted by Crippen LogP contribution is -2.08. The van der Waals surface area contributed by atoms with Gasteiger partial charge in [-0.15, -0.1) is 0 Å². The maximum absolute atomic E-state index is 12.6. The molecule has 0 radical (unpaired) electrons. The Kier molecular flexibility index (Phi) is 4.96. The van der Waals surface area contributed by atoms with E-state index in [1.165, 1.54) is 12.1 Å². The maximum atomic E-state index is 12.6. The van der Waals surface area contributed by atoms with Crippen molar-refractivity contribution < 1.29 is 9.13 Å². The van der Waals surface area contributed by atoms with Crippen LogP contribution in [0, 0.1) is 22.6 Å². The summed E-state index contributed by atoms with van der Waals surface area (Å²) < 4.78 is 18.1. The molecule has 0 bridgehead atoms. The Morgan fingerprint density at radius 2 is 1.88 bits per heavy atom. The summed E-state index contributed by atoms with van der Waals surface area (Å²) in [4.78, 5) is 0. The van der Waals surface area contributed by atoms with Crippen LogP contribution < -0.4 is 4.74 Å². The molecule has 1 rings (SSSR count). The number of hydrogen-bond acceptors (Lipinski definition) is 2. The summed E-state index contributed by atoms with van der Waals surface area (Å²) >= 11 is 0. The van der Waals surface area contributed by atoms with Gasteiger partial charge in [-0.05, 0) is 57.4 Å². The molecule has 0 amide bonds.